The van der Waals surface area contributed by atoms with Crippen molar-refractivity contribution in [3.8, 4) is 5.75 Å². The van der Waals surface area contributed by atoms with E-state index in [9.17, 15) is 4.79 Å². The van der Waals surface area contributed by atoms with Crippen LogP contribution in [0, 0.1) is 13.8 Å². The Balaban J connectivity index is 1.44. The third-order valence-corrected chi connectivity index (χ3v) is 5.74. The van der Waals surface area contributed by atoms with Gasteiger partial charge in [-0.05, 0) is 43.7 Å². The van der Waals surface area contributed by atoms with Gasteiger partial charge in [0.15, 0.2) is 0 Å². The summed E-state index contributed by atoms with van der Waals surface area (Å²) in [5.41, 5.74) is 4.61. The maximum absolute atomic E-state index is 13.1. The highest BCUT2D eigenvalue weighted by Crippen LogP contribution is 2.24. The van der Waals surface area contributed by atoms with Gasteiger partial charge in [-0.2, -0.15) is 0 Å². The Morgan fingerprint density at radius 3 is 2.66 bits per heavy atom. The van der Waals surface area contributed by atoms with E-state index in [0.717, 1.165) is 54.6 Å². The number of carbonyl (C=O) groups is 1. The molecule has 1 fully saturated rings. The second kappa shape index (κ2) is 9.87. The zero-order valence-electron chi connectivity index (χ0n) is 18.8. The van der Waals surface area contributed by atoms with E-state index in [1.165, 1.54) is 0 Å². The molecule has 0 aliphatic carbocycles. The van der Waals surface area contributed by atoms with Crippen molar-refractivity contribution in [1.82, 2.24) is 10.1 Å². The van der Waals surface area contributed by atoms with E-state index >= 15 is 0 Å². The lowest BCUT2D eigenvalue weighted by Crippen LogP contribution is -2.37. The van der Waals surface area contributed by atoms with Crippen LogP contribution in [0.1, 0.15) is 32.9 Å². The van der Waals surface area contributed by atoms with E-state index in [1.54, 1.807) is 11.0 Å². The van der Waals surface area contributed by atoms with Crippen LogP contribution in [0.25, 0.3) is 0 Å². The van der Waals surface area contributed by atoms with E-state index in [1.807, 2.05) is 51.2 Å². The van der Waals surface area contributed by atoms with Crippen LogP contribution in [0.4, 0.5) is 5.69 Å². The number of hydrogen-bond acceptors (Lipinski definition) is 6. The first-order valence-electron chi connectivity index (χ1n) is 10.8. The Kier molecular flexibility index (Phi) is 6.75. The molecule has 1 aromatic heterocycles. The molecule has 0 atom stereocenters. The van der Waals surface area contributed by atoms with E-state index in [0.29, 0.717) is 24.5 Å². The molecule has 1 aliphatic rings. The Labute approximate surface area is 188 Å². The van der Waals surface area contributed by atoms with Crippen LogP contribution in [0.3, 0.4) is 0 Å². The average molecular weight is 436 g/mol. The number of anilines is 1. The Morgan fingerprint density at radius 1 is 1.12 bits per heavy atom. The van der Waals surface area contributed by atoms with Crippen molar-refractivity contribution in [2.24, 2.45) is 0 Å². The normalized spacial score (nSPS) is 13.8. The van der Waals surface area contributed by atoms with Gasteiger partial charge in [-0.15, -0.1) is 0 Å². The number of carbonyl (C=O) groups excluding carboxylic acids is 1. The van der Waals surface area contributed by atoms with Gasteiger partial charge in [-0.1, -0.05) is 29.4 Å². The average Bonchev–Trinajstić information content (AvgIpc) is 3.15. The highest BCUT2D eigenvalue weighted by molar-refractivity contribution is 5.94. The van der Waals surface area contributed by atoms with E-state index < -0.39 is 0 Å². The molecule has 0 unspecified atom stereocenters. The summed E-state index contributed by atoms with van der Waals surface area (Å²) in [5, 5.41) is 3.95. The molecular weight excluding hydrogens is 406 g/mol. The number of nitrogens with zero attached hydrogens (tertiary/aromatic N) is 3. The first-order valence-corrected chi connectivity index (χ1v) is 10.8. The highest BCUT2D eigenvalue weighted by Gasteiger charge is 2.18. The first-order chi connectivity index (χ1) is 15.5. The monoisotopic (exact) mass is 435 g/mol. The molecule has 0 N–H and O–H groups in total. The number of hydrogen-bond donors (Lipinski definition) is 0. The Bertz CT molecular complexity index is 1050. The van der Waals surface area contributed by atoms with Gasteiger partial charge in [0.05, 0.1) is 24.5 Å². The lowest BCUT2D eigenvalue weighted by molar-refractivity contribution is 0.0784. The van der Waals surface area contributed by atoms with Gasteiger partial charge in [-0.3, -0.25) is 4.79 Å². The second-order valence-corrected chi connectivity index (χ2v) is 8.01. The predicted octanol–water partition coefficient (Wildman–Crippen LogP) is 3.98. The summed E-state index contributed by atoms with van der Waals surface area (Å²) in [7, 11) is 1.83. The summed E-state index contributed by atoms with van der Waals surface area (Å²) in [6.07, 6.45) is 0. The maximum Gasteiger partial charge on any atom is 0.254 e. The number of rotatable bonds is 7. The van der Waals surface area contributed by atoms with Crippen molar-refractivity contribution >= 4 is 11.6 Å². The first kappa shape index (κ1) is 21.9. The molecule has 0 radical (unpaired) electrons. The second-order valence-electron chi connectivity index (χ2n) is 8.01. The SMILES string of the molecule is Cc1noc(C)c1COc1cccc(C(=O)N(C)Cc2ccccc2N2CCOCC2)c1. The van der Waals surface area contributed by atoms with Crippen LogP contribution in [0.5, 0.6) is 5.75 Å². The van der Waals surface area contributed by atoms with Crippen LogP contribution in [-0.4, -0.2) is 49.3 Å². The Morgan fingerprint density at radius 2 is 1.91 bits per heavy atom. The summed E-state index contributed by atoms with van der Waals surface area (Å²) < 4.78 is 16.6. The van der Waals surface area contributed by atoms with Crippen LogP contribution in [0.2, 0.25) is 0 Å². The summed E-state index contributed by atoms with van der Waals surface area (Å²) >= 11 is 0. The van der Waals surface area contributed by atoms with Gasteiger partial charge in [0.1, 0.15) is 18.1 Å². The summed E-state index contributed by atoms with van der Waals surface area (Å²) in [6, 6.07) is 15.5. The van der Waals surface area contributed by atoms with Gasteiger partial charge in [0.2, 0.25) is 0 Å². The van der Waals surface area contributed by atoms with E-state index in [4.69, 9.17) is 14.0 Å². The van der Waals surface area contributed by atoms with Crippen molar-refractivity contribution in [3.63, 3.8) is 0 Å². The van der Waals surface area contributed by atoms with Gasteiger partial charge < -0.3 is 23.8 Å². The third kappa shape index (κ3) is 4.94. The molecule has 0 bridgehead atoms. The lowest BCUT2D eigenvalue weighted by Gasteiger charge is -2.31. The van der Waals surface area contributed by atoms with Crippen molar-refractivity contribution in [2.45, 2.75) is 27.0 Å². The molecule has 4 rings (SSSR count). The molecule has 7 nitrogen and oxygen atoms in total. The molecule has 0 spiro atoms. The highest BCUT2D eigenvalue weighted by atomic mass is 16.5. The summed E-state index contributed by atoms with van der Waals surface area (Å²) in [4.78, 5) is 17.2. The largest absolute Gasteiger partial charge is 0.489 e. The number of aryl methyl sites for hydroxylation is 2. The minimum Gasteiger partial charge on any atom is -0.489 e. The molecule has 7 heteroatoms. The molecule has 2 aromatic carbocycles. The maximum atomic E-state index is 13.1. The van der Waals surface area contributed by atoms with E-state index in [2.05, 4.69) is 22.2 Å². The number of morpholine rings is 1. The number of ether oxygens (including phenoxy) is 2. The van der Waals surface area contributed by atoms with Gasteiger partial charge in [-0.25, -0.2) is 0 Å². The molecule has 1 aliphatic heterocycles. The fourth-order valence-electron chi connectivity index (χ4n) is 3.89. The zero-order chi connectivity index (χ0) is 22.5. The van der Waals surface area contributed by atoms with Gasteiger partial charge >= 0.3 is 0 Å². The van der Waals surface area contributed by atoms with Gasteiger partial charge in [0, 0.05) is 37.9 Å². The third-order valence-electron chi connectivity index (χ3n) is 5.74. The van der Waals surface area contributed by atoms with Crippen LogP contribution < -0.4 is 9.64 Å². The van der Waals surface area contributed by atoms with Crippen molar-refractivity contribution in [3.05, 3.63) is 76.7 Å². The van der Waals surface area contributed by atoms with Crippen LogP contribution in [-0.2, 0) is 17.9 Å². The molecular formula is C25H29N3O4. The quantitative estimate of drug-likeness (QED) is 0.559. The molecule has 32 heavy (non-hydrogen) atoms. The van der Waals surface area contributed by atoms with Crippen LogP contribution >= 0.6 is 0 Å². The Hall–Kier alpha value is -3.32. The van der Waals surface area contributed by atoms with Crippen molar-refractivity contribution in [1.29, 1.82) is 0 Å². The molecule has 3 aromatic rings. The molecule has 168 valence electrons. The zero-order valence-corrected chi connectivity index (χ0v) is 18.8. The van der Waals surface area contributed by atoms with Gasteiger partial charge in [0.25, 0.3) is 5.91 Å². The predicted molar refractivity (Wildman–Crippen MR) is 122 cm³/mol. The minimum absolute atomic E-state index is 0.0513. The fourth-order valence-corrected chi connectivity index (χ4v) is 3.89. The molecule has 1 amide bonds. The number of amides is 1. The standard InChI is InChI=1S/C25H29N3O4/c1-18-23(19(2)32-26-18)17-31-22-9-6-8-20(15-22)25(29)27(3)16-21-7-4-5-10-24(21)28-11-13-30-14-12-28/h4-10,15H,11-14,16-17H2,1-3H3. The van der Waals surface area contributed by atoms with Crippen molar-refractivity contribution < 1.29 is 18.8 Å². The summed E-state index contributed by atoms with van der Waals surface area (Å²) in [6.45, 7) is 7.80. The molecule has 1 saturated heterocycles. The van der Waals surface area contributed by atoms with Crippen LogP contribution in [0.15, 0.2) is 53.1 Å². The fraction of sp³-hybridized carbons (Fsp3) is 0.360. The van der Waals surface area contributed by atoms with E-state index in [-0.39, 0.29) is 5.91 Å². The number of aromatic nitrogens is 1. The molecule has 0 saturated carbocycles. The summed E-state index contributed by atoms with van der Waals surface area (Å²) in [5.74, 6) is 1.33. The lowest BCUT2D eigenvalue weighted by atomic mass is 10.1. The topological polar surface area (TPSA) is 68.0 Å². The minimum atomic E-state index is -0.0513. The number of benzene rings is 2. The number of para-hydroxylation sites is 1. The molecule has 2 heterocycles. The van der Waals surface area contributed by atoms with Crippen molar-refractivity contribution in [2.75, 3.05) is 38.3 Å². The smallest absolute Gasteiger partial charge is 0.254 e.